The van der Waals surface area contributed by atoms with E-state index in [9.17, 15) is 4.79 Å². The number of carbonyl (C=O) groups is 1. The van der Waals surface area contributed by atoms with Crippen molar-refractivity contribution in [2.75, 3.05) is 0 Å². The second kappa shape index (κ2) is 13.0. The first-order valence-corrected chi connectivity index (χ1v) is 13.4. The Kier molecular flexibility index (Phi) is 9.24. The number of benzene rings is 3. The molecule has 0 aliphatic heterocycles. The van der Waals surface area contributed by atoms with E-state index < -0.39 is 0 Å². The van der Waals surface area contributed by atoms with Crippen LogP contribution in [0.1, 0.15) is 56.6 Å². The first kappa shape index (κ1) is 24.9. The number of hydrogen-bond donors (Lipinski definition) is 0. The third-order valence-electron chi connectivity index (χ3n) is 6.09. The Bertz CT molecular complexity index is 1180. The number of carbonyl (C=O) groups excluding carboxylic acids is 1. The van der Waals surface area contributed by atoms with E-state index in [4.69, 9.17) is 4.74 Å². The van der Waals surface area contributed by atoms with Gasteiger partial charge in [0.1, 0.15) is 10.8 Å². The minimum atomic E-state index is -0.192. The van der Waals surface area contributed by atoms with Gasteiger partial charge in [0.2, 0.25) is 0 Å². The van der Waals surface area contributed by atoms with Crippen LogP contribution in [0.2, 0.25) is 0 Å². The Balaban J connectivity index is 1.28. The molecule has 3 aromatic carbocycles. The molecule has 0 amide bonds. The van der Waals surface area contributed by atoms with E-state index in [2.05, 4.69) is 48.3 Å². The normalized spacial score (nSPS) is 10.9. The third-order valence-corrected chi connectivity index (χ3v) is 7.18. The number of esters is 1. The van der Waals surface area contributed by atoms with Crippen molar-refractivity contribution in [2.45, 2.75) is 58.3 Å². The highest BCUT2D eigenvalue weighted by Crippen LogP contribution is 2.33. The molecule has 1 aromatic heterocycles. The van der Waals surface area contributed by atoms with Gasteiger partial charge < -0.3 is 4.74 Å². The molecule has 3 nitrogen and oxygen atoms in total. The Hall–Kier alpha value is -3.24. The van der Waals surface area contributed by atoms with Crippen LogP contribution in [0.15, 0.2) is 85.1 Å². The van der Waals surface area contributed by atoms with Gasteiger partial charge in [-0.25, -0.2) is 4.98 Å². The lowest BCUT2D eigenvalue weighted by Crippen LogP contribution is -2.08. The SMILES string of the molecule is CCCCCCc1ccc(-c2ncc(-c3ccc(OC(=O)CCCc4ccccc4)cc3)s2)cc1. The fourth-order valence-electron chi connectivity index (χ4n) is 4.06. The lowest BCUT2D eigenvalue weighted by atomic mass is 10.0. The fraction of sp³-hybridized carbons (Fsp3) is 0.290. The van der Waals surface area contributed by atoms with Gasteiger partial charge >= 0.3 is 5.97 Å². The smallest absolute Gasteiger partial charge is 0.311 e. The predicted molar refractivity (Wildman–Crippen MR) is 146 cm³/mol. The van der Waals surface area contributed by atoms with E-state index >= 15 is 0 Å². The van der Waals surface area contributed by atoms with Crippen LogP contribution < -0.4 is 4.74 Å². The maximum atomic E-state index is 12.2. The van der Waals surface area contributed by atoms with Gasteiger partial charge in [-0.15, -0.1) is 11.3 Å². The van der Waals surface area contributed by atoms with Crippen molar-refractivity contribution in [3.8, 4) is 26.8 Å². The Morgan fingerprint density at radius 3 is 2.20 bits per heavy atom. The fourth-order valence-corrected chi connectivity index (χ4v) is 4.99. The molecular weight excluding hydrogens is 450 g/mol. The molecule has 0 aliphatic carbocycles. The van der Waals surface area contributed by atoms with E-state index in [0.717, 1.165) is 40.3 Å². The second-order valence-corrected chi connectivity index (χ2v) is 9.91. The first-order chi connectivity index (χ1) is 17.2. The topological polar surface area (TPSA) is 39.2 Å². The maximum absolute atomic E-state index is 12.2. The molecular formula is C31H33NO2S. The number of hydrogen-bond acceptors (Lipinski definition) is 4. The van der Waals surface area contributed by atoms with Crippen LogP contribution >= 0.6 is 11.3 Å². The Morgan fingerprint density at radius 2 is 1.46 bits per heavy atom. The predicted octanol–water partition coefficient (Wildman–Crippen LogP) is 8.53. The largest absolute Gasteiger partial charge is 0.427 e. The van der Waals surface area contributed by atoms with Crippen LogP contribution in [0.25, 0.3) is 21.0 Å². The van der Waals surface area contributed by atoms with Crippen molar-refractivity contribution in [1.82, 2.24) is 4.98 Å². The summed E-state index contributed by atoms with van der Waals surface area (Å²) in [6.45, 7) is 2.25. The third kappa shape index (κ3) is 7.63. The Morgan fingerprint density at radius 1 is 0.771 bits per heavy atom. The number of aromatic nitrogens is 1. The molecule has 0 unspecified atom stereocenters. The highest BCUT2D eigenvalue weighted by atomic mass is 32.1. The van der Waals surface area contributed by atoms with Crippen molar-refractivity contribution in [1.29, 1.82) is 0 Å². The number of aryl methyl sites for hydroxylation is 2. The van der Waals surface area contributed by atoms with Crippen LogP contribution in [-0.4, -0.2) is 11.0 Å². The molecule has 0 spiro atoms. The number of thiazole rings is 1. The molecule has 0 radical (unpaired) electrons. The van der Waals surface area contributed by atoms with Crippen molar-refractivity contribution < 1.29 is 9.53 Å². The summed E-state index contributed by atoms with van der Waals surface area (Å²) in [7, 11) is 0. The van der Waals surface area contributed by atoms with Gasteiger partial charge in [0.05, 0.1) is 4.88 Å². The quantitative estimate of drug-likeness (QED) is 0.115. The van der Waals surface area contributed by atoms with E-state index in [1.807, 2.05) is 48.7 Å². The lowest BCUT2D eigenvalue weighted by Gasteiger charge is -2.05. The zero-order chi connectivity index (χ0) is 24.3. The van der Waals surface area contributed by atoms with Gasteiger partial charge in [0.15, 0.2) is 0 Å². The van der Waals surface area contributed by atoms with E-state index in [1.165, 1.54) is 36.8 Å². The van der Waals surface area contributed by atoms with Crippen molar-refractivity contribution in [3.63, 3.8) is 0 Å². The molecule has 0 bridgehead atoms. The van der Waals surface area contributed by atoms with Gasteiger partial charge in [0, 0.05) is 18.2 Å². The summed E-state index contributed by atoms with van der Waals surface area (Å²) < 4.78 is 5.52. The monoisotopic (exact) mass is 483 g/mol. The number of unbranched alkanes of at least 4 members (excludes halogenated alkanes) is 3. The van der Waals surface area contributed by atoms with E-state index in [0.29, 0.717) is 12.2 Å². The van der Waals surface area contributed by atoms with E-state index in [-0.39, 0.29) is 5.97 Å². The van der Waals surface area contributed by atoms with Crippen LogP contribution in [0.4, 0.5) is 0 Å². The van der Waals surface area contributed by atoms with Gasteiger partial charge in [0.25, 0.3) is 0 Å². The summed E-state index contributed by atoms with van der Waals surface area (Å²) in [6, 6.07) is 26.7. The van der Waals surface area contributed by atoms with Gasteiger partial charge in [-0.2, -0.15) is 0 Å². The van der Waals surface area contributed by atoms with Crippen LogP contribution in [0.3, 0.4) is 0 Å². The summed E-state index contributed by atoms with van der Waals surface area (Å²) in [5, 5.41) is 1.02. The number of nitrogens with zero attached hydrogens (tertiary/aromatic N) is 1. The first-order valence-electron chi connectivity index (χ1n) is 12.6. The molecule has 35 heavy (non-hydrogen) atoms. The summed E-state index contributed by atoms with van der Waals surface area (Å²) in [5.74, 6) is 0.389. The number of rotatable bonds is 12. The Labute approximate surface area is 212 Å². The maximum Gasteiger partial charge on any atom is 0.311 e. The standard InChI is InChI=1S/C31H33NO2S/c1-2-3-4-6-12-25-15-17-27(18-16-25)31-32-23-29(35-31)26-19-21-28(22-20-26)34-30(33)14-9-13-24-10-7-5-8-11-24/h5,7-8,10-11,15-23H,2-4,6,9,12-14H2,1H3. The van der Waals surface area contributed by atoms with Gasteiger partial charge in [-0.05, 0) is 66.6 Å². The molecule has 1 heterocycles. The minimum Gasteiger partial charge on any atom is -0.427 e. The van der Waals surface area contributed by atoms with Crippen LogP contribution in [-0.2, 0) is 17.6 Å². The molecule has 0 aliphatic rings. The minimum absolute atomic E-state index is 0.192. The van der Waals surface area contributed by atoms with Crippen molar-refractivity contribution in [2.24, 2.45) is 0 Å². The summed E-state index contributed by atoms with van der Waals surface area (Å²) >= 11 is 1.68. The average Bonchev–Trinajstić information content (AvgIpc) is 3.38. The molecule has 0 saturated heterocycles. The van der Waals surface area contributed by atoms with Crippen molar-refractivity contribution in [3.05, 3.63) is 96.2 Å². The molecule has 4 rings (SSSR count). The molecule has 0 atom stereocenters. The zero-order valence-corrected chi connectivity index (χ0v) is 21.2. The van der Waals surface area contributed by atoms with Crippen LogP contribution in [0, 0.1) is 0 Å². The average molecular weight is 484 g/mol. The summed E-state index contributed by atoms with van der Waals surface area (Å²) in [5.41, 5.74) is 4.86. The van der Waals surface area contributed by atoms with Crippen LogP contribution in [0.5, 0.6) is 5.75 Å². The molecule has 0 fully saturated rings. The van der Waals surface area contributed by atoms with E-state index in [1.54, 1.807) is 11.3 Å². The lowest BCUT2D eigenvalue weighted by molar-refractivity contribution is -0.134. The molecule has 0 saturated carbocycles. The molecule has 4 aromatic rings. The van der Waals surface area contributed by atoms with Crippen molar-refractivity contribution >= 4 is 17.3 Å². The zero-order valence-electron chi connectivity index (χ0n) is 20.4. The highest BCUT2D eigenvalue weighted by Gasteiger charge is 2.09. The molecule has 180 valence electrons. The van der Waals surface area contributed by atoms with Gasteiger partial charge in [-0.1, -0.05) is 80.8 Å². The molecule has 4 heteroatoms. The number of ether oxygens (including phenoxy) is 1. The second-order valence-electron chi connectivity index (χ2n) is 8.87. The highest BCUT2D eigenvalue weighted by molar-refractivity contribution is 7.18. The summed E-state index contributed by atoms with van der Waals surface area (Å²) in [6.07, 6.45) is 10.3. The molecule has 0 N–H and O–H groups in total. The van der Waals surface area contributed by atoms with Gasteiger partial charge in [-0.3, -0.25) is 4.79 Å². The summed E-state index contributed by atoms with van der Waals surface area (Å²) in [4.78, 5) is 17.9.